The van der Waals surface area contributed by atoms with Gasteiger partial charge in [-0.15, -0.1) is 0 Å². The van der Waals surface area contributed by atoms with Gasteiger partial charge in [-0.2, -0.15) is 0 Å². The fourth-order valence-electron chi connectivity index (χ4n) is 11.1. The van der Waals surface area contributed by atoms with Gasteiger partial charge in [0.15, 0.2) is 0 Å². The Hall–Kier alpha value is -6.53. The van der Waals surface area contributed by atoms with E-state index < -0.39 is 22.4 Å². The molecular formula is C76H120N8O9. The second-order valence-electron chi connectivity index (χ2n) is 29.2. The fourth-order valence-corrected chi connectivity index (χ4v) is 11.1. The van der Waals surface area contributed by atoms with E-state index in [1.165, 1.54) is 22.3 Å². The summed E-state index contributed by atoms with van der Waals surface area (Å²) in [6, 6.07) is 44.0. The predicted molar refractivity (Wildman–Crippen MR) is 376 cm³/mol. The smallest absolute Gasteiger partial charge is 0.410 e. The maximum atomic E-state index is 12.2. The van der Waals surface area contributed by atoms with Gasteiger partial charge in [-0.1, -0.05) is 121 Å². The minimum Gasteiger partial charge on any atom is -0.444 e. The lowest BCUT2D eigenvalue weighted by Crippen LogP contribution is -2.38. The lowest BCUT2D eigenvalue weighted by molar-refractivity contribution is -0.118. The first-order valence-electron chi connectivity index (χ1n) is 34.4. The van der Waals surface area contributed by atoms with Crippen LogP contribution in [0, 0.1) is 0 Å². The average Bonchev–Trinajstić information content (AvgIpc) is 3.52. The van der Waals surface area contributed by atoms with E-state index in [2.05, 4.69) is 110 Å². The maximum Gasteiger partial charge on any atom is 0.410 e. The van der Waals surface area contributed by atoms with Gasteiger partial charge in [-0.25, -0.2) is 19.2 Å². The quantitative estimate of drug-likeness (QED) is 0.110. The van der Waals surface area contributed by atoms with E-state index in [0.29, 0.717) is 62.2 Å². The molecule has 0 aromatic heterocycles. The minimum absolute atomic E-state index is 0.159. The van der Waals surface area contributed by atoms with Crippen molar-refractivity contribution in [3.63, 3.8) is 0 Å². The fraction of sp³-hybridized carbons (Fsp3) is 0.618. The van der Waals surface area contributed by atoms with Gasteiger partial charge in [0.25, 0.3) is 0 Å². The Labute approximate surface area is 560 Å². The van der Waals surface area contributed by atoms with Crippen LogP contribution in [0.15, 0.2) is 121 Å². The summed E-state index contributed by atoms with van der Waals surface area (Å²) in [5.41, 5.74) is 8.98. The molecule has 0 radical (unpaired) electrons. The third-order valence-corrected chi connectivity index (χ3v) is 16.0. The number of rotatable bonds is 10. The van der Waals surface area contributed by atoms with Crippen LogP contribution in [-0.2, 0) is 23.7 Å². The molecule has 0 bridgehead atoms. The number of ether oxygens (including phenoxy) is 4. The molecule has 93 heavy (non-hydrogen) atoms. The van der Waals surface area contributed by atoms with Crippen LogP contribution in [0.4, 0.5) is 19.2 Å². The van der Waals surface area contributed by atoms with Crippen molar-refractivity contribution in [2.24, 2.45) is 5.73 Å². The Morgan fingerprint density at radius 3 is 0.860 bits per heavy atom. The standard InChI is InChI=1S/3C19H30N2O2.C11H19NO3.C8H11N/c3*1-15(16-9-6-5-7-10-16)20-17-11-8-13-21(14-12-17)18(22)23-19(2,3)4;1-11(2,3)15-10(14)12-7-4-5-9(13)6-8-12;1-7(9)8-5-3-2-4-6-8/h3*5-7,9-10,15,17,20H,8,11-14H2,1-4H3;4-8H2,1-3H3;2-7H,9H2,1H3/t15-,17?;15-,17+;15-,17-;;7-/m111.1/s1. The highest BCUT2D eigenvalue weighted by atomic mass is 16.6. The van der Waals surface area contributed by atoms with Crippen molar-refractivity contribution in [1.29, 1.82) is 0 Å². The summed E-state index contributed by atoms with van der Waals surface area (Å²) in [4.78, 5) is 66.6. The number of benzene rings is 4. The van der Waals surface area contributed by atoms with E-state index in [-0.39, 0.29) is 36.2 Å². The van der Waals surface area contributed by atoms with Gasteiger partial charge in [0, 0.05) is 107 Å². The molecule has 4 aromatic rings. The van der Waals surface area contributed by atoms with Crippen molar-refractivity contribution in [2.75, 3.05) is 52.4 Å². The molecule has 4 fully saturated rings. The zero-order valence-electron chi connectivity index (χ0n) is 59.8. The van der Waals surface area contributed by atoms with Gasteiger partial charge in [-0.05, 0) is 197 Å². The van der Waals surface area contributed by atoms with E-state index in [9.17, 15) is 24.0 Å². The molecule has 4 aromatic carbocycles. The zero-order valence-corrected chi connectivity index (χ0v) is 59.8. The molecule has 5 N–H and O–H groups in total. The van der Waals surface area contributed by atoms with Gasteiger partial charge in [0.2, 0.25) is 0 Å². The number of carbonyl (C=O) groups is 5. The Bertz CT molecular complexity index is 2540. The number of amides is 4. The van der Waals surface area contributed by atoms with Gasteiger partial charge in [0.05, 0.1) is 0 Å². The molecule has 17 nitrogen and oxygen atoms in total. The molecule has 8 rings (SSSR count). The predicted octanol–water partition coefficient (Wildman–Crippen LogP) is 16.1. The molecule has 4 heterocycles. The number of likely N-dealkylation sites (tertiary alicyclic amines) is 4. The molecule has 0 aliphatic carbocycles. The van der Waals surface area contributed by atoms with Crippen LogP contribution in [0.25, 0.3) is 0 Å². The van der Waals surface area contributed by atoms with E-state index in [4.69, 9.17) is 24.7 Å². The van der Waals surface area contributed by atoms with Crippen LogP contribution in [0.3, 0.4) is 0 Å². The molecule has 1 unspecified atom stereocenters. The van der Waals surface area contributed by atoms with E-state index in [0.717, 1.165) is 103 Å². The van der Waals surface area contributed by atoms with E-state index in [1.807, 2.05) is 153 Å². The molecule has 7 atom stereocenters. The lowest BCUT2D eigenvalue weighted by atomic mass is 10.0. The van der Waals surface area contributed by atoms with Gasteiger partial charge in [0.1, 0.15) is 28.2 Å². The number of nitrogens with one attached hydrogen (secondary N) is 3. The number of nitrogens with two attached hydrogens (primary N) is 1. The molecule has 518 valence electrons. The minimum atomic E-state index is -0.465. The SMILES string of the molecule is CC(C)(C)OC(=O)N1CCCC(=O)CC1.C[C@@H](N)c1ccccc1.C[C@@H](NC1CCCN(C(=O)OC(C)(C)C)CC1)c1ccccc1.C[C@@H](N[C@@H]1CCCN(C(=O)OC(C)(C)C)CC1)c1ccccc1.C[C@@H](N[C@H]1CCCN(C(=O)OC(C)(C)C)CC1)c1ccccc1. The number of nitrogens with zero attached hydrogens (tertiary/aromatic N) is 4. The second-order valence-corrected chi connectivity index (χ2v) is 29.2. The van der Waals surface area contributed by atoms with Crippen LogP contribution in [0.1, 0.15) is 234 Å². The second kappa shape index (κ2) is 39.4. The van der Waals surface area contributed by atoms with Gasteiger partial charge in [-0.3, -0.25) is 4.79 Å². The van der Waals surface area contributed by atoms with Gasteiger partial charge >= 0.3 is 24.4 Å². The summed E-state index contributed by atoms with van der Waals surface area (Å²) in [6.45, 7) is 37.1. The monoisotopic (exact) mass is 1290 g/mol. The molecular weight excluding hydrogens is 1170 g/mol. The molecule has 4 amide bonds. The van der Waals surface area contributed by atoms with Crippen molar-refractivity contribution in [3.05, 3.63) is 144 Å². The van der Waals surface area contributed by atoms with Crippen molar-refractivity contribution >= 4 is 30.2 Å². The first kappa shape index (κ1) is 78.9. The topological polar surface area (TPSA) is 197 Å². The molecule has 0 spiro atoms. The normalized spacial score (nSPS) is 19.6. The van der Waals surface area contributed by atoms with Crippen molar-refractivity contribution in [1.82, 2.24) is 35.6 Å². The number of Topliss-reactive ketones (excluding diaryl/α,β-unsaturated/α-hetero) is 1. The number of carbonyl (C=O) groups excluding carboxylic acids is 5. The van der Waals surface area contributed by atoms with Crippen LogP contribution in [0.2, 0.25) is 0 Å². The summed E-state index contributed by atoms with van der Waals surface area (Å²) in [5, 5.41) is 11.1. The van der Waals surface area contributed by atoms with Crippen molar-refractivity contribution < 1.29 is 42.9 Å². The first-order chi connectivity index (χ1) is 43.7. The highest BCUT2D eigenvalue weighted by Crippen LogP contribution is 2.24. The van der Waals surface area contributed by atoms with Crippen LogP contribution in [0.5, 0.6) is 0 Å². The summed E-state index contributed by atoms with van der Waals surface area (Å²) in [7, 11) is 0. The molecule has 4 aliphatic rings. The largest absolute Gasteiger partial charge is 0.444 e. The summed E-state index contributed by atoms with van der Waals surface area (Å²) in [6.07, 6.45) is 10.1. The van der Waals surface area contributed by atoms with Crippen molar-refractivity contribution in [2.45, 2.75) is 253 Å². The van der Waals surface area contributed by atoms with Gasteiger partial charge < -0.3 is 60.2 Å². The number of hydrogen-bond acceptors (Lipinski definition) is 13. The Morgan fingerprint density at radius 2 is 0.613 bits per heavy atom. The van der Waals surface area contributed by atoms with Crippen LogP contribution >= 0.6 is 0 Å². The third-order valence-electron chi connectivity index (χ3n) is 16.0. The maximum absolute atomic E-state index is 12.2. The van der Waals surface area contributed by atoms with Crippen molar-refractivity contribution in [3.8, 4) is 0 Å². The van der Waals surface area contributed by atoms with Crippen LogP contribution in [-0.4, -0.2) is 143 Å². The Morgan fingerprint density at radius 1 is 0.366 bits per heavy atom. The first-order valence-corrected chi connectivity index (χ1v) is 34.4. The number of hydrogen-bond donors (Lipinski definition) is 4. The number of ketones is 1. The van der Waals surface area contributed by atoms with E-state index >= 15 is 0 Å². The summed E-state index contributed by atoms with van der Waals surface area (Å²) >= 11 is 0. The van der Waals surface area contributed by atoms with E-state index in [1.54, 1.807) is 4.90 Å². The Kier molecular flexibility index (Phi) is 33.4. The summed E-state index contributed by atoms with van der Waals surface area (Å²) < 4.78 is 21.7. The zero-order chi connectivity index (χ0) is 68.8. The molecule has 4 saturated heterocycles. The Balaban J connectivity index is 0.000000255. The molecule has 17 heteroatoms. The third kappa shape index (κ3) is 33.4. The lowest BCUT2D eigenvalue weighted by Gasteiger charge is -2.26. The average molecular weight is 1290 g/mol. The highest BCUT2D eigenvalue weighted by Gasteiger charge is 2.30. The van der Waals surface area contributed by atoms with Crippen LogP contribution < -0.4 is 21.7 Å². The molecule has 4 aliphatic heterocycles. The molecule has 0 saturated carbocycles. The summed E-state index contributed by atoms with van der Waals surface area (Å²) in [5.74, 6) is 0.237. The highest BCUT2D eigenvalue weighted by molar-refractivity contribution is 5.80.